The Balaban J connectivity index is 0.000000483. The molecule has 2 atom stereocenters. The zero-order chi connectivity index (χ0) is 33.6. The fourth-order valence-electron chi connectivity index (χ4n) is 4.95. The Bertz CT molecular complexity index is 1870. The first-order valence-electron chi connectivity index (χ1n) is 14.4. The highest BCUT2D eigenvalue weighted by molar-refractivity contribution is 7.09. The number of likely N-dealkylation sites (tertiary alicyclic amines) is 1. The molecule has 1 aliphatic rings. The van der Waals surface area contributed by atoms with E-state index in [0.29, 0.717) is 42.2 Å². The monoisotopic (exact) mass is 657 g/mol. The predicted octanol–water partition coefficient (Wildman–Crippen LogP) is 3.58. The summed E-state index contributed by atoms with van der Waals surface area (Å²) in [5, 5.41) is 31.3. The van der Waals surface area contributed by atoms with E-state index < -0.39 is 17.5 Å². The predicted molar refractivity (Wildman–Crippen MR) is 168 cm³/mol. The van der Waals surface area contributed by atoms with E-state index in [-0.39, 0.29) is 23.7 Å². The third kappa shape index (κ3) is 8.16. The summed E-state index contributed by atoms with van der Waals surface area (Å²) in [6.07, 6.45) is 6.34. The van der Waals surface area contributed by atoms with Gasteiger partial charge in [0.1, 0.15) is 23.4 Å². The molecule has 1 saturated heterocycles. The number of thiazole rings is 1. The SMILES string of the molecule is Cc1csc([C@H]2CCCN2C(=O)c2cc(-c3nnc([C@](C)(N)Cc4ccccc4)o3)nc(-n3cncn3)c2)n1.O=C(O)C=CC(=O)O. The van der Waals surface area contributed by atoms with Crippen LogP contribution in [0.4, 0.5) is 0 Å². The number of carbonyl (C=O) groups is 3. The molecule has 0 radical (unpaired) electrons. The summed E-state index contributed by atoms with van der Waals surface area (Å²) in [4.78, 5) is 48.2. The highest BCUT2D eigenvalue weighted by atomic mass is 32.1. The van der Waals surface area contributed by atoms with E-state index in [1.807, 2.05) is 54.5 Å². The van der Waals surface area contributed by atoms with Crippen LogP contribution in [0, 0.1) is 6.92 Å². The van der Waals surface area contributed by atoms with Crippen molar-refractivity contribution in [2.45, 2.75) is 44.7 Å². The van der Waals surface area contributed by atoms with Gasteiger partial charge in [0, 0.05) is 35.3 Å². The van der Waals surface area contributed by atoms with E-state index in [0.717, 1.165) is 29.1 Å². The number of nitrogens with two attached hydrogens (primary N) is 1. The van der Waals surface area contributed by atoms with Gasteiger partial charge >= 0.3 is 11.9 Å². The Labute approximate surface area is 272 Å². The van der Waals surface area contributed by atoms with Crippen LogP contribution in [-0.4, -0.2) is 74.4 Å². The Kier molecular flexibility index (Phi) is 9.91. The van der Waals surface area contributed by atoms with Gasteiger partial charge in [-0.2, -0.15) is 5.10 Å². The van der Waals surface area contributed by atoms with Crippen molar-refractivity contribution < 1.29 is 29.0 Å². The molecule has 4 N–H and O–H groups in total. The van der Waals surface area contributed by atoms with Gasteiger partial charge in [-0.25, -0.2) is 29.2 Å². The number of pyridine rings is 1. The van der Waals surface area contributed by atoms with Crippen LogP contribution in [-0.2, 0) is 21.5 Å². The van der Waals surface area contributed by atoms with Crippen molar-refractivity contribution in [3.05, 3.63) is 100 Å². The molecule has 1 aliphatic heterocycles. The third-order valence-electron chi connectivity index (χ3n) is 7.06. The van der Waals surface area contributed by atoms with E-state index in [9.17, 15) is 14.4 Å². The maximum absolute atomic E-state index is 13.9. The zero-order valence-electron chi connectivity index (χ0n) is 25.4. The van der Waals surface area contributed by atoms with Crippen molar-refractivity contribution >= 4 is 29.2 Å². The number of aromatic nitrogens is 7. The van der Waals surface area contributed by atoms with Crippen LogP contribution in [0.25, 0.3) is 17.4 Å². The lowest BCUT2D eigenvalue weighted by Gasteiger charge is -2.23. The summed E-state index contributed by atoms with van der Waals surface area (Å²) in [5.74, 6) is -1.78. The molecule has 15 nitrogen and oxygen atoms in total. The number of nitrogens with zero attached hydrogens (tertiary/aromatic N) is 8. The highest BCUT2D eigenvalue weighted by Crippen LogP contribution is 2.35. The average Bonchev–Trinajstić information content (AvgIpc) is 3.87. The Morgan fingerprint density at radius 1 is 1.11 bits per heavy atom. The van der Waals surface area contributed by atoms with Gasteiger partial charge in [0.05, 0.1) is 11.6 Å². The van der Waals surface area contributed by atoms with Crippen molar-refractivity contribution in [2.24, 2.45) is 5.73 Å². The van der Waals surface area contributed by atoms with E-state index in [4.69, 9.17) is 20.4 Å². The second-order valence-corrected chi connectivity index (χ2v) is 11.8. The minimum atomic E-state index is -1.26. The van der Waals surface area contributed by atoms with Crippen LogP contribution in [0.3, 0.4) is 0 Å². The van der Waals surface area contributed by atoms with E-state index in [2.05, 4.69) is 30.2 Å². The minimum Gasteiger partial charge on any atom is -0.478 e. The molecular formula is C31H31N9O6S. The summed E-state index contributed by atoms with van der Waals surface area (Å²) in [5.41, 5.74) is 8.49. The Hall–Kier alpha value is -5.61. The largest absolute Gasteiger partial charge is 0.478 e. The lowest BCUT2D eigenvalue weighted by molar-refractivity contribution is -0.134. The van der Waals surface area contributed by atoms with Crippen molar-refractivity contribution in [1.82, 2.24) is 39.8 Å². The van der Waals surface area contributed by atoms with Crippen LogP contribution in [0.2, 0.25) is 0 Å². The fourth-order valence-corrected chi connectivity index (χ4v) is 5.89. The van der Waals surface area contributed by atoms with E-state index >= 15 is 0 Å². The Morgan fingerprint density at radius 2 is 1.85 bits per heavy atom. The number of aryl methyl sites for hydroxylation is 1. The third-order valence-corrected chi connectivity index (χ3v) is 8.13. The number of carboxylic acid groups (broad SMARTS) is 2. The summed E-state index contributed by atoms with van der Waals surface area (Å²) in [6, 6.07) is 13.2. The molecule has 1 fully saturated rings. The zero-order valence-corrected chi connectivity index (χ0v) is 26.2. The number of carboxylic acids is 2. The van der Waals surface area contributed by atoms with Crippen molar-refractivity contribution in [3.63, 3.8) is 0 Å². The van der Waals surface area contributed by atoms with Gasteiger partial charge in [-0.3, -0.25) is 4.79 Å². The molecule has 5 aromatic rings. The summed E-state index contributed by atoms with van der Waals surface area (Å²) < 4.78 is 7.54. The number of aliphatic carboxylic acids is 2. The van der Waals surface area contributed by atoms with E-state index in [1.54, 1.807) is 23.5 Å². The second kappa shape index (κ2) is 14.2. The maximum Gasteiger partial charge on any atom is 0.328 e. The number of amides is 1. The standard InChI is InChI=1S/C27H27N9O2S.C4H4O4/c1-17-14-39-24(31-17)21-9-6-10-35(21)25(37)19-11-20(32-22(12-19)36-16-29-15-30-36)23-33-34-26(38-23)27(2,28)13-18-7-4-3-5-8-18;5-3(6)1-2-4(7)8/h3-5,7-8,11-12,14-16,21H,6,9-10,13,28H2,1-2H3;1-2H,(H,5,6)(H,7,8)/t21-,27-;/m1./s1. The lowest BCUT2D eigenvalue weighted by atomic mass is 9.94. The molecule has 242 valence electrons. The van der Waals surface area contributed by atoms with Gasteiger partial charge in [-0.1, -0.05) is 30.3 Å². The molecule has 5 heterocycles. The first-order chi connectivity index (χ1) is 22.5. The van der Waals surface area contributed by atoms with Crippen LogP contribution in [0.1, 0.15) is 58.3 Å². The molecule has 0 saturated carbocycles. The molecule has 0 bridgehead atoms. The number of hydrogen-bond acceptors (Lipinski definition) is 12. The molecular weight excluding hydrogens is 626 g/mol. The smallest absolute Gasteiger partial charge is 0.328 e. The molecule has 0 unspecified atom stereocenters. The van der Waals surface area contributed by atoms with Crippen molar-refractivity contribution in [2.75, 3.05) is 6.54 Å². The van der Waals surface area contributed by atoms with Crippen molar-refractivity contribution in [1.29, 1.82) is 0 Å². The van der Waals surface area contributed by atoms with Gasteiger partial charge in [0.25, 0.3) is 11.8 Å². The van der Waals surface area contributed by atoms with Gasteiger partial charge in [0.2, 0.25) is 5.89 Å². The topological polar surface area (TPSA) is 216 Å². The number of rotatable bonds is 9. The fraction of sp³-hybridized carbons (Fsp3) is 0.258. The number of hydrogen-bond donors (Lipinski definition) is 3. The molecule has 0 aliphatic carbocycles. The van der Waals surface area contributed by atoms with Crippen LogP contribution in [0.5, 0.6) is 0 Å². The second-order valence-electron chi connectivity index (χ2n) is 10.9. The Morgan fingerprint density at radius 3 is 2.49 bits per heavy atom. The van der Waals surface area contributed by atoms with Gasteiger partial charge in [-0.15, -0.1) is 21.5 Å². The molecule has 0 spiro atoms. The average molecular weight is 658 g/mol. The number of benzene rings is 1. The molecule has 1 amide bonds. The molecule has 6 rings (SSSR count). The molecule has 16 heteroatoms. The summed E-state index contributed by atoms with van der Waals surface area (Å²) in [6.45, 7) is 4.46. The van der Waals surface area contributed by atoms with Gasteiger partial charge in [0.15, 0.2) is 5.82 Å². The highest BCUT2D eigenvalue weighted by Gasteiger charge is 2.34. The normalized spacial score (nSPS) is 15.6. The summed E-state index contributed by atoms with van der Waals surface area (Å²) in [7, 11) is 0. The van der Waals surface area contributed by atoms with E-state index in [1.165, 1.54) is 17.3 Å². The minimum absolute atomic E-state index is 0.0615. The van der Waals surface area contributed by atoms with Crippen LogP contribution in [0.15, 0.2) is 77.1 Å². The number of carbonyl (C=O) groups excluding carboxylic acids is 1. The molecule has 47 heavy (non-hydrogen) atoms. The lowest BCUT2D eigenvalue weighted by Crippen LogP contribution is -2.35. The molecule has 1 aromatic carbocycles. The maximum atomic E-state index is 13.9. The summed E-state index contributed by atoms with van der Waals surface area (Å²) >= 11 is 1.58. The molecule has 4 aromatic heterocycles. The van der Waals surface area contributed by atoms with Crippen LogP contribution >= 0.6 is 11.3 Å². The van der Waals surface area contributed by atoms with Gasteiger partial charge < -0.3 is 25.3 Å². The van der Waals surface area contributed by atoms with Gasteiger partial charge in [-0.05, 0) is 50.8 Å². The van der Waals surface area contributed by atoms with Crippen LogP contribution < -0.4 is 5.73 Å². The quantitative estimate of drug-likeness (QED) is 0.193. The first-order valence-corrected chi connectivity index (χ1v) is 15.3. The first kappa shape index (κ1) is 32.8. The van der Waals surface area contributed by atoms with Crippen molar-refractivity contribution in [3.8, 4) is 17.4 Å².